The lowest BCUT2D eigenvalue weighted by molar-refractivity contribution is 0.458. The van der Waals surface area contributed by atoms with Crippen LogP contribution in [0.5, 0.6) is 0 Å². The predicted octanol–water partition coefficient (Wildman–Crippen LogP) is 3.02. The predicted molar refractivity (Wildman–Crippen MR) is 65.4 cm³/mol. The highest BCUT2D eigenvalue weighted by Crippen LogP contribution is 2.28. The maximum atomic E-state index is 3.43. The largest absolute Gasteiger partial charge is 0.317 e. The molecule has 1 aromatic carbocycles. The van der Waals surface area contributed by atoms with Crippen LogP contribution in [0.2, 0.25) is 0 Å². The molecule has 0 spiro atoms. The Morgan fingerprint density at radius 1 is 1.27 bits per heavy atom. The van der Waals surface area contributed by atoms with Crippen LogP contribution in [0, 0.1) is 6.92 Å². The molecule has 1 aromatic rings. The number of piperidine rings is 1. The highest BCUT2D eigenvalue weighted by atomic mass is 14.9. The van der Waals surface area contributed by atoms with Gasteiger partial charge in [-0.3, -0.25) is 0 Å². The van der Waals surface area contributed by atoms with Gasteiger partial charge in [0.1, 0.15) is 0 Å². The van der Waals surface area contributed by atoms with Gasteiger partial charge in [0.05, 0.1) is 0 Å². The molecule has 1 fully saturated rings. The van der Waals surface area contributed by atoms with Crippen LogP contribution in [0.25, 0.3) is 0 Å². The Balaban J connectivity index is 2.25. The van der Waals surface area contributed by atoms with E-state index in [1.54, 1.807) is 11.1 Å². The molecular weight excluding hydrogens is 182 g/mol. The van der Waals surface area contributed by atoms with E-state index in [9.17, 15) is 0 Å². The van der Waals surface area contributed by atoms with Crippen molar-refractivity contribution in [1.82, 2.24) is 5.32 Å². The van der Waals surface area contributed by atoms with E-state index in [2.05, 4.69) is 37.4 Å². The summed E-state index contributed by atoms with van der Waals surface area (Å²) in [5, 5.41) is 3.43. The topological polar surface area (TPSA) is 12.0 Å². The first kappa shape index (κ1) is 10.7. The normalized spacial score (nSPS) is 18.0. The molecule has 1 aliphatic heterocycles. The van der Waals surface area contributed by atoms with E-state index in [1.165, 1.54) is 37.9 Å². The molecule has 1 heterocycles. The van der Waals surface area contributed by atoms with Crippen LogP contribution >= 0.6 is 0 Å². The van der Waals surface area contributed by atoms with Gasteiger partial charge in [0, 0.05) is 0 Å². The zero-order valence-electron chi connectivity index (χ0n) is 9.84. The molecule has 1 aliphatic rings. The van der Waals surface area contributed by atoms with Gasteiger partial charge in [-0.2, -0.15) is 0 Å². The second-order valence-corrected chi connectivity index (χ2v) is 4.58. The highest BCUT2D eigenvalue weighted by Gasteiger charge is 2.17. The molecule has 0 radical (unpaired) electrons. The number of nitrogens with one attached hydrogen (secondary N) is 1. The fraction of sp³-hybridized carbons (Fsp3) is 0.571. The van der Waals surface area contributed by atoms with Gasteiger partial charge in [-0.05, 0) is 56.3 Å². The highest BCUT2D eigenvalue weighted by molar-refractivity contribution is 5.34. The van der Waals surface area contributed by atoms with Crippen molar-refractivity contribution in [3.05, 3.63) is 34.9 Å². The molecule has 0 aromatic heterocycles. The van der Waals surface area contributed by atoms with Crippen molar-refractivity contribution in [2.75, 3.05) is 13.1 Å². The molecule has 82 valence electrons. The van der Waals surface area contributed by atoms with E-state index < -0.39 is 0 Å². The van der Waals surface area contributed by atoms with E-state index in [0.717, 1.165) is 5.92 Å². The standard InChI is InChI=1S/C14H21N/c1-3-12-10-11(2)4-5-14(12)13-6-8-15-9-7-13/h4-5,10,13,15H,3,6-9H2,1-2H3. The second-order valence-electron chi connectivity index (χ2n) is 4.58. The van der Waals surface area contributed by atoms with Gasteiger partial charge >= 0.3 is 0 Å². The maximum Gasteiger partial charge on any atom is -0.00431 e. The lowest BCUT2D eigenvalue weighted by Gasteiger charge is -2.25. The van der Waals surface area contributed by atoms with Gasteiger partial charge in [-0.25, -0.2) is 0 Å². The molecule has 2 rings (SSSR count). The Morgan fingerprint density at radius 2 is 2.00 bits per heavy atom. The van der Waals surface area contributed by atoms with Crippen molar-refractivity contribution < 1.29 is 0 Å². The van der Waals surface area contributed by atoms with Crippen LogP contribution in [-0.2, 0) is 6.42 Å². The summed E-state index contributed by atoms with van der Waals surface area (Å²) in [5.41, 5.74) is 4.55. The molecule has 0 atom stereocenters. The van der Waals surface area contributed by atoms with Gasteiger partial charge in [-0.1, -0.05) is 30.7 Å². The number of aryl methyl sites for hydroxylation is 2. The molecule has 0 saturated carbocycles. The summed E-state index contributed by atoms with van der Waals surface area (Å²) in [5.74, 6) is 0.793. The molecule has 0 aliphatic carbocycles. The van der Waals surface area contributed by atoms with Crippen molar-refractivity contribution in [3.8, 4) is 0 Å². The quantitative estimate of drug-likeness (QED) is 0.779. The van der Waals surface area contributed by atoms with Gasteiger partial charge in [0.25, 0.3) is 0 Å². The summed E-state index contributed by atoms with van der Waals surface area (Å²) in [6, 6.07) is 6.97. The van der Waals surface area contributed by atoms with Gasteiger partial charge < -0.3 is 5.32 Å². The SMILES string of the molecule is CCc1cc(C)ccc1C1CCNCC1. The zero-order valence-corrected chi connectivity index (χ0v) is 9.84. The molecular formula is C14H21N. The van der Waals surface area contributed by atoms with Gasteiger partial charge in [0.2, 0.25) is 0 Å². The maximum absolute atomic E-state index is 3.43. The van der Waals surface area contributed by atoms with Crippen LogP contribution < -0.4 is 5.32 Å². The molecule has 1 nitrogen and oxygen atoms in total. The molecule has 0 amide bonds. The zero-order chi connectivity index (χ0) is 10.7. The number of rotatable bonds is 2. The lowest BCUT2D eigenvalue weighted by Crippen LogP contribution is -2.27. The molecule has 1 heteroatoms. The first-order chi connectivity index (χ1) is 7.31. The van der Waals surface area contributed by atoms with E-state index >= 15 is 0 Å². The Bertz CT molecular complexity index is 324. The minimum absolute atomic E-state index is 0.793. The average Bonchev–Trinajstić information content (AvgIpc) is 2.30. The third-order valence-electron chi connectivity index (χ3n) is 3.46. The third kappa shape index (κ3) is 2.40. The monoisotopic (exact) mass is 203 g/mol. The Morgan fingerprint density at radius 3 is 2.67 bits per heavy atom. The van der Waals surface area contributed by atoms with Crippen molar-refractivity contribution in [2.45, 2.75) is 39.0 Å². The molecule has 15 heavy (non-hydrogen) atoms. The van der Waals surface area contributed by atoms with Crippen LogP contribution in [-0.4, -0.2) is 13.1 Å². The summed E-state index contributed by atoms with van der Waals surface area (Å²) in [7, 11) is 0. The van der Waals surface area contributed by atoms with E-state index in [1.807, 2.05) is 0 Å². The fourth-order valence-electron chi connectivity index (χ4n) is 2.57. The second kappa shape index (κ2) is 4.80. The van der Waals surface area contributed by atoms with Crippen LogP contribution in [0.4, 0.5) is 0 Å². The number of hydrogen-bond acceptors (Lipinski definition) is 1. The third-order valence-corrected chi connectivity index (χ3v) is 3.46. The first-order valence-electron chi connectivity index (χ1n) is 6.11. The fourth-order valence-corrected chi connectivity index (χ4v) is 2.57. The molecule has 1 saturated heterocycles. The van der Waals surface area contributed by atoms with E-state index in [0.29, 0.717) is 0 Å². The Labute approximate surface area is 92.9 Å². The van der Waals surface area contributed by atoms with Crippen molar-refractivity contribution in [3.63, 3.8) is 0 Å². The Hall–Kier alpha value is -0.820. The first-order valence-corrected chi connectivity index (χ1v) is 6.11. The van der Waals surface area contributed by atoms with Crippen molar-refractivity contribution in [2.24, 2.45) is 0 Å². The van der Waals surface area contributed by atoms with E-state index in [-0.39, 0.29) is 0 Å². The lowest BCUT2D eigenvalue weighted by atomic mass is 9.86. The van der Waals surface area contributed by atoms with Crippen LogP contribution in [0.15, 0.2) is 18.2 Å². The number of hydrogen-bond donors (Lipinski definition) is 1. The molecule has 0 unspecified atom stereocenters. The summed E-state index contributed by atoms with van der Waals surface area (Å²) < 4.78 is 0. The van der Waals surface area contributed by atoms with Crippen LogP contribution in [0.3, 0.4) is 0 Å². The average molecular weight is 203 g/mol. The summed E-state index contributed by atoms with van der Waals surface area (Å²) in [6.07, 6.45) is 3.77. The summed E-state index contributed by atoms with van der Waals surface area (Å²) in [6.45, 7) is 6.81. The van der Waals surface area contributed by atoms with Crippen molar-refractivity contribution in [1.29, 1.82) is 0 Å². The minimum atomic E-state index is 0.793. The molecule has 0 bridgehead atoms. The van der Waals surface area contributed by atoms with Crippen LogP contribution in [0.1, 0.15) is 42.4 Å². The summed E-state index contributed by atoms with van der Waals surface area (Å²) in [4.78, 5) is 0. The van der Waals surface area contributed by atoms with Crippen molar-refractivity contribution >= 4 is 0 Å². The van der Waals surface area contributed by atoms with E-state index in [4.69, 9.17) is 0 Å². The molecule has 1 N–H and O–H groups in total. The number of benzene rings is 1. The summed E-state index contributed by atoms with van der Waals surface area (Å²) >= 11 is 0. The Kier molecular flexibility index (Phi) is 3.42. The minimum Gasteiger partial charge on any atom is -0.317 e. The van der Waals surface area contributed by atoms with Gasteiger partial charge in [-0.15, -0.1) is 0 Å². The smallest absolute Gasteiger partial charge is 0.00431 e. The van der Waals surface area contributed by atoms with Gasteiger partial charge in [0.15, 0.2) is 0 Å².